The molecule has 148 valence electrons. The lowest BCUT2D eigenvalue weighted by Crippen LogP contribution is -2.70. The van der Waals surface area contributed by atoms with Gasteiger partial charge in [0, 0.05) is 17.5 Å². The zero-order valence-corrected chi connectivity index (χ0v) is 17.9. The second kappa shape index (κ2) is 5.03. The third kappa shape index (κ3) is 1.96. The van der Waals surface area contributed by atoms with Crippen molar-refractivity contribution in [2.45, 2.75) is 75.3 Å². The first-order valence-corrected chi connectivity index (χ1v) is 12.0. The molecule has 0 radical (unpaired) electrons. The van der Waals surface area contributed by atoms with Gasteiger partial charge in [-0.2, -0.15) is 0 Å². The Kier molecular flexibility index (Phi) is 3.02. The topological polar surface area (TPSA) is 15.3 Å². The number of nitrogens with zero attached hydrogens (tertiary/aromatic N) is 1. The monoisotopic (exact) mass is 392 g/mol. The predicted octanol–water partition coefficient (Wildman–Crippen LogP) is 4.68. The summed E-state index contributed by atoms with van der Waals surface area (Å²) in [6.45, 7) is 5.14. The molecule has 2 nitrogen and oxygen atoms in total. The SMILES string of the molecule is C[C@]12CC3CC(C(=S)N[C@H]4CN5CCC6CC645)(C1)C[C@@](c1ccccc1)(C3)C2. The smallest absolute Gasteiger partial charge is 0.0819 e. The highest BCUT2D eigenvalue weighted by Crippen LogP contribution is 2.70. The fourth-order valence-electron chi connectivity index (χ4n) is 9.54. The first kappa shape index (κ1) is 16.8. The first-order chi connectivity index (χ1) is 13.5. The van der Waals surface area contributed by atoms with Gasteiger partial charge in [-0.05, 0) is 86.1 Å². The van der Waals surface area contributed by atoms with Gasteiger partial charge in [0.15, 0.2) is 0 Å². The quantitative estimate of drug-likeness (QED) is 0.752. The van der Waals surface area contributed by atoms with Gasteiger partial charge in [0.1, 0.15) is 0 Å². The molecule has 2 heterocycles. The van der Waals surface area contributed by atoms with Crippen LogP contribution >= 0.6 is 12.2 Å². The first-order valence-electron chi connectivity index (χ1n) is 11.6. The summed E-state index contributed by atoms with van der Waals surface area (Å²) in [4.78, 5) is 3.99. The number of hydrogen-bond acceptors (Lipinski definition) is 2. The minimum Gasteiger partial charge on any atom is -0.373 e. The van der Waals surface area contributed by atoms with Crippen LogP contribution in [0.5, 0.6) is 0 Å². The fourth-order valence-corrected chi connectivity index (χ4v) is 9.91. The molecule has 3 heteroatoms. The highest BCUT2D eigenvalue weighted by Gasteiger charge is 2.72. The van der Waals surface area contributed by atoms with Gasteiger partial charge < -0.3 is 5.32 Å². The molecule has 7 aliphatic rings. The van der Waals surface area contributed by atoms with Crippen LogP contribution in [0.25, 0.3) is 0 Å². The van der Waals surface area contributed by atoms with Crippen molar-refractivity contribution >= 4 is 17.2 Å². The van der Waals surface area contributed by atoms with E-state index in [0.29, 0.717) is 22.4 Å². The molecule has 1 aromatic carbocycles. The molecular formula is C25H32N2S. The van der Waals surface area contributed by atoms with Crippen LogP contribution < -0.4 is 5.32 Å². The van der Waals surface area contributed by atoms with Gasteiger partial charge in [-0.3, -0.25) is 4.90 Å². The minimum absolute atomic E-state index is 0.249. The maximum Gasteiger partial charge on any atom is 0.0819 e. The van der Waals surface area contributed by atoms with E-state index in [1.807, 2.05) is 0 Å². The Bertz CT molecular complexity index is 869. The van der Waals surface area contributed by atoms with Crippen LogP contribution in [0, 0.1) is 22.7 Å². The molecule has 0 amide bonds. The third-order valence-corrected chi connectivity index (χ3v) is 10.5. The van der Waals surface area contributed by atoms with E-state index < -0.39 is 0 Å². The van der Waals surface area contributed by atoms with Crippen LogP contribution in [0.1, 0.15) is 63.9 Å². The molecule has 7 fully saturated rings. The van der Waals surface area contributed by atoms with E-state index in [-0.39, 0.29) is 5.41 Å². The van der Waals surface area contributed by atoms with Crippen molar-refractivity contribution in [3.05, 3.63) is 35.9 Å². The normalized spacial score (nSPS) is 52.7. The molecule has 4 bridgehead atoms. The Morgan fingerprint density at radius 3 is 2.68 bits per heavy atom. The molecule has 1 aromatic rings. The highest BCUT2D eigenvalue weighted by atomic mass is 32.1. The van der Waals surface area contributed by atoms with Gasteiger partial charge in [-0.15, -0.1) is 0 Å². The molecule has 1 spiro atoms. The Morgan fingerprint density at radius 1 is 1.07 bits per heavy atom. The summed E-state index contributed by atoms with van der Waals surface area (Å²) in [5, 5.41) is 4.00. The second-order valence-electron chi connectivity index (χ2n) is 11.9. The summed E-state index contributed by atoms with van der Waals surface area (Å²) in [7, 11) is 0. The zero-order valence-electron chi connectivity index (χ0n) is 17.0. The van der Waals surface area contributed by atoms with E-state index in [9.17, 15) is 0 Å². The number of rotatable bonds is 3. The number of hydrogen-bond donors (Lipinski definition) is 1. The number of thiocarbonyl (C=S) groups is 1. The average molecular weight is 393 g/mol. The summed E-state index contributed by atoms with van der Waals surface area (Å²) in [5.41, 5.74) is 3.19. The molecule has 2 aliphatic heterocycles. The van der Waals surface area contributed by atoms with E-state index in [1.165, 1.54) is 69.4 Å². The van der Waals surface area contributed by atoms with Crippen LogP contribution in [-0.4, -0.2) is 34.6 Å². The molecule has 5 saturated carbocycles. The van der Waals surface area contributed by atoms with E-state index in [1.54, 1.807) is 5.56 Å². The van der Waals surface area contributed by atoms with Crippen molar-refractivity contribution in [1.82, 2.24) is 10.2 Å². The molecule has 28 heavy (non-hydrogen) atoms. The van der Waals surface area contributed by atoms with Crippen molar-refractivity contribution in [3.63, 3.8) is 0 Å². The maximum atomic E-state index is 6.27. The lowest BCUT2D eigenvalue weighted by atomic mass is 9.39. The van der Waals surface area contributed by atoms with Gasteiger partial charge in [0.2, 0.25) is 0 Å². The summed E-state index contributed by atoms with van der Waals surface area (Å²) in [6, 6.07) is 12.1. The summed E-state index contributed by atoms with van der Waals surface area (Å²) in [6.07, 6.45) is 11.0. The Morgan fingerprint density at radius 2 is 1.93 bits per heavy atom. The van der Waals surface area contributed by atoms with Crippen LogP contribution in [0.4, 0.5) is 0 Å². The highest BCUT2D eigenvalue weighted by molar-refractivity contribution is 7.80. The molecular weight excluding hydrogens is 360 g/mol. The third-order valence-electron chi connectivity index (χ3n) is 9.98. The lowest BCUT2D eigenvalue weighted by Gasteiger charge is -2.66. The van der Waals surface area contributed by atoms with Crippen molar-refractivity contribution in [2.75, 3.05) is 13.1 Å². The van der Waals surface area contributed by atoms with Crippen LogP contribution in [0.15, 0.2) is 30.3 Å². The number of benzene rings is 1. The van der Waals surface area contributed by atoms with Gasteiger partial charge in [-0.1, -0.05) is 49.5 Å². The van der Waals surface area contributed by atoms with E-state index >= 15 is 0 Å². The van der Waals surface area contributed by atoms with E-state index in [4.69, 9.17) is 12.2 Å². The van der Waals surface area contributed by atoms with Crippen molar-refractivity contribution < 1.29 is 0 Å². The lowest BCUT2D eigenvalue weighted by molar-refractivity contribution is -0.0881. The van der Waals surface area contributed by atoms with Gasteiger partial charge in [0.05, 0.1) is 11.0 Å². The fraction of sp³-hybridized carbons (Fsp3) is 0.720. The zero-order chi connectivity index (χ0) is 18.8. The van der Waals surface area contributed by atoms with Crippen molar-refractivity contribution in [1.29, 1.82) is 0 Å². The molecule has 8 rings (SSSR count). The number of nitrogens with one attached hydrogen (secondary N) is 1. The molecule has 4 unspecified atom stereocenters. The Labute approximate surface area is 174 Å². The minimum atomic E-state index is 0.249. The molecule has 2 saturated heterocycles. The van der Waals surface area contributed by atoms with Gasteiger partial charge >= 0.3 is 0 Å². The van der Waals surface area contributed by atoms with Crippen LogP contribution in [0.2, 0.25) is 0 Å². The molecule has 7 atom stereocenters. The maximum absolute atomic E-state index is 6.27. The Hall–Kier alpha value is -0.930. The largest absolute Gasteiger partial charge is 0.373 e. The second-order valence-corrected chi connectivity index (χ2v) is 12.3. The van der Waals surface area contributed by atoms with E-state index in [2.05, 4.69) is 47.5 Å². The van der Waals surface area contributed by atoms with E-state index in [0.717, 1.165) is 11.8 Å². The van der Waals surface area contributed by atoms with Crippen molar-refractivity contribution in [2.24, 2.45) is 22.7 Å². The van der Waals surface area contributed by atoms with Gasteiger partial charge in [0.25, 0.3) is 0 Å². The summed E-state index contributed by atoms with van der Waals surface area (Å²) in [5.74, 6) is 1.82. The van der Waals surface area contributed by atoms with Crippen LogP contribution in [0.3, 0.4) is 0 Å². The van der Waals surface area contributed by atoms with Gasteiger partial charge in [-0.25, -0.2) is 0 Å². The number of piperidine rings is 1. The Balaban J connectivity index is 1.21. The molecule has 0 aromatic heterocycles. The van der Waals surface area contributed by atoms with Crippen LogP contribution in [-0.2, 0) is 5.41 Å². The molecule has 1 N–H and O–H groups in total. The molecule has 5 aliphatic carbocycles. The summed E-state index contributed by atoms with van der Waals surface area (Å²) >= 11 is 6.27. The summed E-state index contributed by atoms with van der Waals surface area (Å²) < 4.78 is 0. The predicted molar refractivity (Wildman–Crippen MR) is 116 cm³/mol. The average Bonchev–Trinajstić information content (AvgIpc) is 3.34. The standard InChI is InChI=1S/C25H32N2S/c1-22-9-17-10-23(14-22,18-5-3-2-4-6-18)16-24(11-17,15-22)21(28)26-20-13-27-8-7-19-12-25(19,20)27/h2-6,17,19-20H,7-16H2,1H3,(H,26,28)/t17?,19?,20-,22+,23+,24?,25?/m0/s1. The van der Waals surface area contributed by atoms with Crippen molar-refractivity contribution in [3.8, 4) is 0 Å².